The number of imidazole rings is 1. The SMILES string of the molecule is N#CC(=Cc1ccccc1OCCOc1ccccc1)c1nc2ccccc2[nH]1. The minimum Gasteiger partial charge on any atom is -0.490 e. The summed E-state index contributed by atoms with van der Waals surface area (Å²) in [7, 11) is 0. The maximum absolute atomic E-state index is 9.66. The van der Waals surface area contributed by atoms with E-state index >= 15 is 0 Å². The van der Waals surface area contributed by atoms with Crippen LogP contribution in [0.25, 0.3) is 22.7 Å². The number of nitrogens with one attached hydrogen (secondary N) is 1. The van der Waals surface area contributed by atoms with E-state index in [9.17, 15) is 5.26 Å². The van der Waals surface area contributed by atoms with E-state index in [1.807, 2.05) is 78.9 Å². The highest BCUT2D eigenvalue weighted by atomic mass is 16.5. The molecule has 0 radical (unpaired) electrons. The lowest BCUT2D eigenvalue weighted by atomic mass is 10.1. The Bertz CT molecular complexity index is 1140. The third kappa shape index (κ3) is 4.45. The van der Waals surface area contributed by atoms with Crippen LogP contribution in [-0.4, -0.2) is 23.2 Å². The summed E-state index contributed by atoms with van der Waals surface area (Å²) in [6.45, 7) is 0.822. The molecule has 0 aliphatic rings. The lowest BCUT2D eigenvalue weighted by Crippen LogP contribution is -2.09. The number of hydrogen-bond donors (Lipinski definition) is 1. The fourth-order valence-corrected chi connectivity index (χ4v) is 2.95. The van der Waals surface area contributed by atoms with Gasteiger partial charge in [0.2, 0.25) is 0 Å². The molecular weight excluding hydrogens is 362 g/mol. The quantitative estimate of drug-likeness (QED) is 0.358. The monoisotopic (exact) mass is 381 g/mol. The topological polar surface area (TPSA) is 70.9 Å². The molecule has 1 heterocycles. The number of benzene rings is 3. The minimum atomic E-state index is 0.395. The van der Waals surface area contributed by atoms with Crippen molar-refractivity contribution in [1.82, 2.24) is 9.97 Å². The Kier molecular flexibility index (Phi) is 5.54. The molecule has 4 rings (SSSR count). The van der Waals surface area contributed by atoms with Crippen molar-refractivity contribution in [3.05, 3.63) is 90.3 Å². The van der Waals surface area contributed by atoms with Crippen LogP contribution in [0.1, 0.15) is 11.4 Å². The molecule has 142 valence electrons. The van der Waals surface area contributed by atoms with Gasteiger partial charge in [0, 0.05) is 5.56 Å². The molecule has 1 N–H and O–H groups in total. The standard InChI is InChI=1S/C24H19N3O2/c25-17-19(24-26-21-11-5-6-12-22(21)27-24)16-18-8-4-7-13-23(18)29-15-14-28-20-9-2-1-3-10-20/h1-13,16H,14-15H2,(H,26,27). The molecule has 4 aromatic rings. The van der Waals surface area contributed by atoms with E-state index in [0.717, 1.165) is 22.3 Å². The lowest BCUT2D eigenvalue weighted by Gasteiger charge is -2.10. The molecule has 0 amide bonds. The minimum absolute atomic E-state index is 0.395. The summed E-state index contributed by atoms with van der Waals surface area (Å²) in [4.78, 5) is 7.71. The number of para-hydroxylation sites is 4. The second-order valence-electron chi connectivity index (χ2n) is 6.32. The Morgan fingerprint density at radius 3 is 2.45 bits per heavy atom. The number of rotatable bonds is 7. The number of nitriles is 1. The van der Waals surface area contributed by atoms with Crippen molar-refractivity contribution in [3.8, 4) is 17.6 Å². The van der Waals surface area contributed by atoms with Crippen LogP contribution in [0.2, 0.25) is 0 Å². The van der Waals surface area contributed by atoms with Crippen LogP contribution in [0.5, 0.6) is 11.5 Å². The van der Waals surface area contributed by atoms with Gasteiger partial charge in [0.05, 0.1) is 16.6 Å². The van der Waals surface area contributed by atoms with Crippen LogP contribution in [0.4, 0.5) is 0 Å². The first-order valence-electron chi connectivity index (χ1n) is 9.30. The number of H-pyrrole nitrogens is 1. The van der Waals surface area contributed by atoms with E-state index in [4.69, 9.17) is 9.47 Å². The van der Waals surface area contributed by atoms with Gasteiger partial charge in [-0.15, -0.1) is 0 Å². The zero-order chi connectivity index (χ0) is 19.9. The summed E-state index contributed by atoms with van der Waals surface area (Å²) in [5, 5.41) is 9.66. The predicted octanol–water partition coefficient (Wildman–Crippen LogP) is 5.08. The number of hydrogen-bond acceptors (Lipinski definition) is 4. The van der Waals surface area contributed by atoms with Gasteiger partial charge in [-0.25, -0.2) is 4.98 Å². The number of ether oxygens (including phenoxy) is 2. The smallest absolute Gasteiger partial charge is 0.149 e. The van der Waals surface area contributed by atoms with Crippen molar-refractivity contribution in [1.29, 1.82) is 5.26 Å². The van der Waals surface area contributed by atoms with Crippen molar-refractivity contribution in [2.45, 2.75) is 0 Å². The molecule has 0 spiro atoms. The van der Waals surface area contributed by atoms with E-state index in [1.165, 1.54) is 0 Å². The fraction of sp³-hybridized carbons (Fsp3) is 0.0833. The summed E-state index contributed by atoms with van der Waals surface area (Å²) < 4.78 is 11.6. The van der Waals surface area contributed by atoms with Gasteiger partial charge in [-0.2, -0.15) is 5.26 Å². The second-order valence-corrected chi connectivity index (χ2v) is 6.32. The highest BCUT2D eigenvalue weighted by Gasteiger charge is 2.09. The van der Waals surface area contributed by atoms with Gasteiger partial charge >= 0.3 is 0 Å². The van der Waals surface area contributed by atoms with Gasteiger partial charge in [0.15, 0.2) is 0 Å². The van der Waals surface area contributed by atoms with Crippen LogP contribution >= 0.6 is 0 Å². The highest BCUT2D eigenvalue weighted by Crippen LogP contribution is 2.25. The van der Waals surface area contributed by atoms with Crippen LogP contribution < -0.4 is 9.47 Å². The van der Waals surface area contributed by atoms with Crippen LogP contribution in [0, 0.1) is 11.3 Å². The molecule has 0 saturated heterocycles. The first-order chi connectivity index (χ1) is 14.3. The molecule has 0 aliphatic carbocycles. The molecule has 0 saturated carbocycles. The molecular formula is C24H19N3O2. The third-order valence-electron chi connectivity index (χ3n) is 4.34. The summed E-state index contributed by atoms with van der Waals surface area (Å²) in [5.41, 5.74) is 2.97. The molecule has 29 heavy (non-hydrogen) atoms. The normalized spacial score (nSPS) is 11.2. The van der Waals surface area contributed by atoms with Crippen molar-refractivity contribution in [3.63, 3.8) is 0 Å². The van der Waals surface area contributed by atoms with E-state index in [0.29, 0.717) is 30.4 Å². The van der Waals surface area contributed by atoms with Crippen LogP contribution in [0.15, 0.2) is 78.9 Å². The summed E-state index contributed by atoms with van der Waals surface area (Å²) >= 11 is 0. The number of fused-ring (bicyclic) bond motifs is 1. The van der Waals surface area contributed by atoms with E-state index in [2.05, 4.69) is 16.0 Å². The van der Waals surface area contributed by atoms with E-state index < -0.39 is 0 Å². The lowest BCUT2D eigenvalue weighted by molar-refractivity contribution is 0.217. The summed E-state index contributed by atoms with van der Waals surface area (Å²) in [6.07, 6.45) is 1.78. The average Bonchev–Trinajstić information content (AvgIpc) is 3.20. The molecule has 0 fully saturated rings. The molecule has 0 bridgehead atoms. The van der Waals surface area contributed by atoms with Gasteiger partial charge in [-0.3, -0.25) is 0 Å². The molecule has 3 aromatic carbocycles. The number of aromatic amines is 1. The Hall–Kier alpha value is -4.04. The maximum atomic E-state index is 9.66. The van der Waals surface area contributed by atoms with Crippen molar-refractivity contribution in [2.75, 3.05) is 13.2 Å². The first kappa shape index (κ1) is 18.3. The van der Waals surface area contributed by atoms with Gasteiger partial charge in [0.1, 0.15) is 36.6 Å². The molecule has 5 heteroatoms. The number of nitrogens with zero attached hydrogens (tertiary/aromatic N) is 2. The van der Waals surface area contributed by atoms with Gasteiger partial charge in [-0.05, 0) is 36.4 Å². The van der Waals surface area contributed by atoms with E-state index in [1.54, 1.807) is 6.08 Å². The molecule has 5 nitrogen and oxygen atoms in total. The Morgan fingerprint density at radius 1 is 0.897 bits per heavy atom. The molecule has 0 atom stereocenters. The zero-order valence-corrected chi connectivity index (χ0v) is 15.7. The third-order valence-corrected chi connectivity index (χ3v) is 4.34. The fourth-order valence-electron chi connectivity index (χ4n) is 2.95. The first-order valence-corrected chi connectivity index (χ1v) is 9.30. The summed E-state index contributed by atoms with van der Waals surface area (Å²) in [5.74, 6) is 2.03. The highest BCUT2D eigenvalue weighted by molar-refractivity contribution is 5.91. The molecule has 0 unspecified atom stereocenters. The Morgan fingerprint density at radius 2 is 1.62 bits per heavy atom. The van der Waals surface area contributed by atoms with Crippen molar-refractivity contribution in [2.24, 2.45) is 0 Å². The van der Waals surface area contributed by atoms with Crippen molar-refractivity contribution >= 4 is 22.7 Å². The van der Waals surface area contributed by atoms with Gasteiger partial charge < -0.3 is 14.5 Å². The molecule has 0 aliphatic heterocycles. The van der Waals surface area contributed by atoms with Gasteiger partial charge in [-0.1, -0.05) is 48.5 Å². The number of allylic oxidation sites excluding steroid dienone is 1. The average molecular weight is 381 g/mol. The predicted molar refractivity (Wildman–Crippen MR) is 113 cm³/mol. The second kappa shape index (κ2) is 8.77. The Labute approximate surface area is 168 Å². The molecule has 1 aromatic heterocycles. The van der Waals surface area contributed by atoms with Crippen LogP contribution in [0.3, 0.4) is 0 Å². The zero-order valence-electron chi connectivity index (χ0n) is 15.7. The van der Waals surface area contributed by atoms with Crippen molar-refractivity contribution < 1.29 is 9.47 Å². The van der Waals surface area contributed by atoms with Crippen LogP contribution in [-0.2, 0) is 0 Å². The maximum Gasteiger partial charge on any atom is 0.149 e. The largest absolute Gasteiger partial charge is 0.490 e. The number of aromatic nitrogens is 2. The Balaban J connectivity index is 1.49. The van der Waals surface area contributed by atoms with E-state index in [-0.39, 0.29) is 0 Å². The summed E-state index contributed by atoms with van der Waals surface area (Å²) in [6, 6.07) is 27.1. The van der Waals surface area contributed by atoms with Gasteiger partial charge in [0.25, 0.3) is 0 Å².